The van der Waals surface area contributed by atoms with E-state index in [-0.39, 0.29) is 5.56 Å². The fourth-order valence-electron chi connectivity index (χ4n) is 1.86. The lowest BCUT2D eigenvalue weighted by Gasteiger charge is -2.08. The fraction of sp³-hybridized carbons (Fsp3) is 0.0714. The second-order valence-electron chi connectivity index (χ2n) is 4.49. The van der Waals surface area contributed by atoms with Crippen LogP contribution in [0.15, 0.2) is 42.5 Å². The summed E-state index contributed by atoms with van der Waals surface area (Å²) in [5.41, 5.74) is 1.72. The third kappa shape index (κ3) is 4.21. The van der Waals surface area contributed by atoms with Gasteiger partial charge in [-0.05, 0) is 41.5 Å². The molecule has 2 rings (SSSR count). The van der Waals surface area contributed by atoms with Crippen LogP contribution in [0.5, 0.6) is 0 Å². The molecule has 0 saturated carbocycles. The Bertz CT molecular complexity index is 802. The maximum atomic E-state index is 11.2. The maximum Gasteiger partial charge on any atom is 0.335 e. The largest absolute Gasteiger partial charge is 0.478 e. The van der Waals surface area contributed by atoms with E-state index in [0.29, 0.717) is 21.8 Å². The van der Waals surface area contributed by atoms with E-state index >= 15 is 0 Å². The second kappa shape index (κ2) is 5.75. The van der Waals surface area contributed by atoms with Gasteiger partial charge in [0.25, 0.3) is 0 Å². The minimum Gasteiger partial charge on any atom is -0.478 e. The molecular formula is C14H12ClNO4S. The summed E-state index contributed by atoms with van der Waals surface area (Å²) >= 11 is 5.92. The van der Waals surface area contributed by atoms with E-state index < -0.39 is 16.0 Å². The Kier molecular flexibility index (Phi) is 4.20. The maximum absolute atomic E-state index is 11.2. The smallest absolute Gasteiger partial charge is 0.335 e. The van der Waals surface area contributed by atoms with E-state index in [2.05, 4.69) is 4.72 Å². The summed E-state index contributed by atoms with van der Waals surface area (Å²) in [6.45, 7) is 0. The molecule has 0 saturated heterocycles. The number of carbonyl (C=O) groups is 1. The van der Waals surface area contributed by atoms with Gasteiger partial charge in [-0.2, -0.15) is 0 Å². The van der Waals surface area contributed by atoms with Crippen LogP contribution in [0.4, 0.5) is 5.69 Å². The van der Waals surface area contributed by atoms with Crippen molar-refractivity contribution in [3.8, 4) is 11.1 Å². The molecular weight excluding hydrogens is 314 g/mol. The molecule has 0 aromatic heterocycles. The van der Waals surface area contributed by atoms with E-state index in [1.165, 1.54) is 12.1 Å². The van der Waals surface area contributed by atoms with Crippen LogP contribution >= 0.6 is 11.6 Å². The van der Waals surface area contributed by atoms with Gasteiger partial charge < -0.3 is 5.11 Å². The predicted molar refractivity (Wildman–Crippen MR) is 82.3 cm³/mol. The van der Waals surface area contributed by atoms with Crippen LogP contribution in [-0.4, -0.2) is 25.7 Å². The van der Waals surface area contributed by atoms with Crippen LogP contribution in [0.25, 0.3) is 11.1 Å². The molecule has 21 heavy (non-hydrogen) atoms. The molecule has 0 aliphatic heterocycles. The lowest BCUT2D eigenvalue weighted by Crippen LogP contribution is -2.09. The number of benzene rings is 2. The zero-order valence-electron chi connectivity index (χ0n) is 11.0. The SMILES string of the molecule is CS(=O)(=O)Nc1cccc(-c2cc(Cl)cc(C(=O)O)c2)c1. The average molecular weight is 326 g/mol. The van der Waals surface area contributed by atoms with E-state index in [9.17, 15) is 13.2 Å². The highest BCUT2D eigenvalue weighted by Crippen LogP contribution is 2.27. The number of nitrogens with one attached hydrogen (secondary N) is 1. The lowest BCUT2D eigenvalue weighted by atomic mass is 10.0. The molecule has 0 atom stereocenters. The van der Waals surface area contributed by atoms with Crippen LogP contribution in [0.3, 0.4) is 0 Å². The molecule has 0 bridgehead atoms. The first-order valence-electron chi connectivity index (χ1n) is 5.87. The Morgan fingerprint density at radius 2 is 1.86 bits per heavy atom. The third-order valence-electron chi connectivity index (χ3n) is 2.64. The van der Waals surface area contributed by atoms with Gasteiger partial charge in [-0.3, -0.25) is 4.72 Å². The Balaban J connectivity index is 2.47. The van der Waals surface area contributed by atoms with Crippen LogP contribution in [0.2, 0.25) is 5.02 Å². The van der Waals surface area contributed by atoms with Gasteiger partial charge in [-0.25, -0.2) is 13.2 Å². The van der Waals surface area contributed by atoms with Crippen molar-refractivity contribution in [1.29, 1.82) is 0 Å². The zero-order chi connectivity index (χ0) is 15.6. The molecule has 0 heterocycles. The van der Waals surface area contributed by atoms with Crippen LogP contribution in [0, 0.1) is 0 Å². The van der Waals surface area contributed by atoms with Crippen molar-refractivity contribution >= 4 is 33.3 Å². The summed E-state index contributed by atoms with van der Waals surface area (Å²) in [5.74, 6) is -1.08. The molecule has 0 amide bonds. The predicted octanol–water partition coefficient (Wildman–Crippen LogP) is 3.08. The summed E-state index contributed by atoms with van der Waals surface area (Å²) in [5, 5.41) is 9.34. The standard InChI is InChI=1S/C14H12ClNO4S/c1-21(19,20)16-13-4-2-3-9(8-13)10-5-11(14(17)18)7-12(15)6-10/h2-8,16H,1H3,(H,17,18). The summed E-state index contributed by atoms with van der Waals surface area (Å²) in [7, 11) is -3.38. The van der Waals surface area contributed by atoms with Crippen LogP contribution in [-0.2, 0) is 10.0 Å². The van der Waals surface area contributed by atoms with Crippen molar-refractivity contribution in [2.75, 3.05) is 11.0 Å². The van der Waals surface area contributed by atoms with Gasteiger partial charge in [0.05, 0.1) is 11.8 Å². The van der Waals surface area contributed by atoms with Gasteiger partial charge in [0.2, 0.25) is 10.0 Å². The summed E-state index contributed by atoms with van der Waals surface area (Å²) in [6, 6.07) is 11.1. The Morgan fingerprint density at radius 1 is 1.14 bits per heavy atom. The number of carboxylic acid groups (broad SMARTS) is 1. The van der Waals surface area contributed by atoms with Gasteiger partial charge in [0, 0.05) is 10.7 Å². The molecule has 0 radical (unpaired) electrons. The van der Waals surface area contributed by atoms with Gasteiger partial charge in [-0.1, -0.05) is 23.7 Å². The van der Waals surface area contributed by atoms with E-state index in [1.54, 1.807) is 30.3 Å². The summed E-state index contributed by atoms with van der Waals surface area (Å²) in [6.07, 6.45) is 1.06. The highest BCUT2D eigenvalue weighted by Gasteiger charge is 2.09. The third-order valence-corrected chi connectivity index (χ3v) is 3.47. The minimum atomic E-state index is -3.38. The van der Waals surface area contributed by atoms with E-state index in [0.717, 1.165) is 6.26 Å². The first-order valence-corrected chi connectivity index (χ1v) is 8.14. The van der Waals surface area contributed by atoms with Crippen LogP contribution in [0.1, 0.15) is 10.4 Å². The van der Waals surface area contributed by atoms with Crippen molar-refractivity contribution in [2.24, 2.45) is 0 Å². The molecule has 0 spiro atoms. The second-order valence-corrected chi connectivity index (χ2v) is 6.67. The van der Waals surface area contributed by atoms with E-state index in [1.807, 2.05) is 0 Å². The number of halogens is 1. The molecule has 0 unspecified atom stereocenters. The number of carboxylic acids is 1. The number of hydrogen-bond acceptors (Lipinski definition) is 3. The molecule has 7 heteroatoms. The Hall–Kier alpha value is -2.05. The Labute approximate surface area is 127 Å². The number of sulfonamides is 1. The monoisotopic (exact) mass is 325 g/mol. The molecule has 2 aromatic carbocycles. The fourth-order valence-corrected chi connectivity index (χ4v) is 2.65. The number of hydrogen-bond donors (Lipinski definition) is 2. The number of anilines is 1. The molecule has 0 aliphatic carbocycles. The quantitative estimate of drug-likeness (QED) is 0.904. The molecule has 0 fully saturated rings. The van der Waals surface area contributed by atoms with Crippen molar-refractivity contribution in [1.82, 2.24) is 0 Å². The van der Waals surface area contributed by atoms with Crippen molar-refractivity contribution < 1.29 is 18.3 Å². The summed E-state index contributed by atoms with van der Waals surface area (Å²) in [4.78, 5) is 11.0. The van der Waals surface area contributed by atoms with Gasteiger partial charge in [0.15, 0.2) is 0 Å². The highest BCUT2D eigenvalue weighted by atomic mass is 35.5. The number of aromatic carboxylic acids is 1. The molecule has 0 aliphatic rings. The van der Waals surface area contributed by atoms with Crippen molar-refractivity contribution in [2.45, 2.75) is 0 Å². The van der Waals surface area contributed by atoms with Gasteiger partial charge >= 0.3 is 5.97 Å². The van der Waals surface area contributed by atoms with E-state index in [4.69, 9.17) is 16.7 Å². The topological polar surface area (TPSA) is 83.5 Å². The Morgan fingerprint density at radius 3 is 2.48 bits per heavy atom. The molecule has 110 valence electrons. The molecule has 2 N–H and O–H groups in total. The first kappa shape index (κ1) is 15.3. The molecule has 2 aromatic rings. The van der Waals surface area contributed by atoms with Crippen LogP contribution < -0.4 is 4.72 Å². The zero-order valence-corrected chi connectivity index (χ0v) is 12.6. The lowest BCUT2D eigenvalue weighted by molar-refractivity contribution is 0.0697. The van der Waals surface area contributed by atoms with Gasteiger partial charge in [-0.15, -0.1) is 0 Å². The highest BCUT2D eigenvalue weighted by molar-refractivity contribution is 7.92. The average Bonchev–Trinajstić information content (AvgIpc) is 2.36. The normalized spacial score (nSPS) is 11.1. The summed E-state index contributed by atoms with van der Waals surface area (Å²) < 4.78 is 24.8. The van der Waals surface area contributed by atoms with Crippen molar-refractivity contribution in [3.05, 3.63) is 53.1 Å². The minimum absolute atomic E-state index is 0.0685. The molecule has 5 nitrogen and oxygen atoms in total. The van der Waals surface area contributed by atoms with Crippen molar-refractivity contribution in [3.63, 3.8) is 0 Å². The first-order chi connectivity index (χ1) is 9.74. The van der Waals surface area contributed by atoms with Gasteiger partial charge in [0.1, 0.15) is 0 Å². The number of rotatable bonds is 4.